The van der Waals surface area contributed by atoms with Crippen molar-refractivity contribution in [2.75, 3.05) is 13.7 Å². The number of hydrogen-bond acceptors (Lipinski definition) is 3. The Morgan fingerprint density at radius 1 is 1.33 bits per heavy atom. The number of nitrogens with one attached hydrogen (secondary N) is 1. The summed E-state index contributed by atoms with van der Waals surface area (Å²) in [6.07, 6.45) is 0. The van der Waals surface area contributed by atoms with Gasteiger partial charge in [-0.25, -0.2) is 0 Å². The van der Waals surface area contributed by atoms with Crippen LogP contribution in [0.15, 0.2) is 40.2 Å². The van der Waals surface area contributed by atoms with E-state index < -0.39 is 0 Å². The van der Waals surface area contributed by atoms with E-state index in [-0.39, 0.29) is 6.04 Å². The molecule has 1 heterocycles. The zero-order chi connectivity index (χ0) is 13.0. The molecule has 0 spiro atoms. The van der Waals surface area contributed by atoms with Crippen molar-refractivity contribution in [1.82, 2.24) is 5.32 Å². The highest BCUT2D eigenvalue weighted by atomic mass is 79.9. The van der Waals surface area contributed by atoms with Gasteiger partial charge in [-0.3, -0.25) is 0 Å². The minimum atomic E-state index is 0.155. The predicted molar refractivity (Wildman–Crippen MR) is 80.5 cm³/mol. The second kappa shape index (κ2) is 6.36. The van der Waals surface area contributed by atoms with Gasteiger partial charge in [-0.2, -0.15) is 0 Å². The Morgan fingerprint density at radius 2 is 2.11 bits per heavy atom. The molecule has 4 heteroatoms. The molecular weight excluding hydrogens is 310 g/mol. The molecule has 2 aromatic rings. The zero-order valence-electron chi connectivity index (χ0n) is 10.4. The van der Waals surface area contributed by atoms with Gasteiger partial charge in [-0.1, -0.05) is 18.2 Å². The summed E-state index contributed by atoms with van der Waals surface area (Å²) in [7, 11) is 1.97. The number of ether oxygens (including phenoxy) is 1. The van der Waals surface area contributed by atoms with Crippen LogP contribution >= 0.6 is 27.3 Å². The summed E-state index contributed by atoms with van der Waals surface area (Å²) in [5.74, 6) is 0.944. The van der Waals surface area contributed by atoms with Gasteiger partial charge in [0.15, 0.2) is 0 Å². The molecule has 1 N–H and O–H groups in total. The Hall–Kier alpha value is -0.840. The lowest BCUT2D eigenvalue weighted by atomic mass is 10.0. The lowest BCUT2D eigenvalue weighted by molar-refractivity contribution is 0.334. The lowest BCUT2D eigenvalue weighted by Crippen LogP contribution is -2.18. The minimum absolute atomic E-state index is 0.155. The highest BCUT2D eigenvalue weighted by Crippen LogP contribution is 2.36. The average Bonchev–Trinajstić information content (AvgIpc) is 2.79. The number of benzene rings is 1. The van der Waals surface area contributed by atoms with Gasteiger partial charge in [0.25, 0.3) is 0 Å². The van der Waals surface area contributed by atoms with Crippen LogP contribution in [0, 0.1) is 0 Å². The Labute approximate surface area is 120 Å². The molecule has 0 saturated heterocycles. The minimum Gasteiger partial charge on any atom is -0.494 e. The van der Waals surface area contributed by atoms with E-state index in [1.807, 2.05) is 32.2 Å². The van der Waals surface area contributed by atoms with E-state index in [9.17, 15) is 0 Å². The molecule has 0 aliphatic carbocycles. The Balaban J connectivity index is 2.42. The molecule has 1 aromatic carbocycles. The summed E-state index contributed by atoms with van der Waals surface area (Å²) in [5, 5.41) is 5.45. The fraction of sp³-hybridized carbons (Fsp3) is 0.286. The number of thiophene rings is 1. The fourth-order valence-electron chi connectivity index (χ4n) is 1.95. The monoisotopic (exact) mass is 325 g/mol. The van der Waals surface area contributed by atoms with Crippen LogP contribution in [0.4, 0.5) is 0 Å². The van der Waals surface area contributed by atoms with Crippen molar-refractivity contribution in [3.63, 3.8) is 0 Å². The van der Waals surface area contributed by atoms with Gasteiger partial charge in [0.2, 0.25) is 0 Å². The van der Waals surface area contributed by atoms with Crippen molar-refractivity contribution in [3.05, 3.63) is 50.6 Å². The smallest absolute Gasteiger partial charge is 0.124 e. The summed E-state index contributed by atoms with van der Waals surface area (Å²) in [5.41, 5.74) is 1.17. The summed E-state index contributed by atoms with van der Waals surface area (Å²) in [4.78, 5) is 1.27. The van der Waals surface area contributed by atoms with E-state index in [0.717, 1.165) is 10.2 Å². The van der Waals surface area contributed by atoms with Crippen LogP contribution in [0.1, 0.15) is 23.4 Å². The van der Waals surface area contributed by atoms with Gasteiger partial charge in [0.1, 0.15) is 5.75 Å². The standard InChI is InChI=1S/C14H16BrNOS/c1-3-17-12-7-5-4-6-10(12)13(16-2)14-11(15)8-9-18-14/h4-9,13,16H,3H2,1-2H3. The van der Waals surface area contributed by atoms with Crippen LogP contribution in [0.3, 0.4) is 0 Å². The van der Waals surface area contributed by atoms with Crippen molar-refractivity contribution in [2.24, 2.45) is 0 Å². The first kappa shape index (κ1) is 13.6. The highest BCUT2D eigenvalue weighted by Gasteiger charge is 2.19. The third-order valence-electron chi connectivity index (χ3n) is 2.73. The quantitative estimate of drug-likeness (QED) is 0.888. The Morgan fingerprint density at radius 3 is 2.72 bits per heavy atom. The van der Waals surface area contributed by atoms with Crippen molar-refractivity contribution in [3.8, 4) is 5.75 Å². The van der Waals surface area contributed by atoms with Crippen molar-refractivity contribution in [2.45, 2.75) is 13.0 Å². The van der Waals surface area contributed by atoms with Crippen LogP contribution in [-0.4, -0.2) is 13.7 Å². The first-order valence-electron chi connectivity index (χ1n) is 5.89. The molecule has 0 radical (unpaired) electrons. The van der Waals surface area contributed by atoms with E-state index in [2.05, 4.69) is 38.8 Å². The van der Waals surface area contributed by atoms with Crippen molar-refractivity contribution >= 4 is 27.3 Å². The van der Waals surface area contributed by atoms with E-state index in [1.165, 1.54) is 10.4 Å². The van der Waals surface area contributed by atoms with E-state index in [1.54, 1.807) is 11.3 Å². The molecular formula is C14H16BrNOS. The molecule has 1 aromatic heterocycles. The van der Waals surface area contributed by atoms with Crippen LogP contribution in [0.5, 0.6) is 5.75 Å². The second-order valence-electron chi connectivity index (χ2n) is 3.83. The third-order valence-corrected chi connectivity index (χ3v) is 4.66. The van der Waals surface area contributed by atoms with Crippen molar-refractivity contribution < 1.29 is 4.74 Å². The molecule has 0 bridgehead atoms. The zero-order valence-corrected chi connectivity index (χ0v) is 12.8. The summed E-state index contributed by atoms with van der Waals surface area (Å²) in [6.45, 7) is 2.69. The maximum absolute atomic E-state index is 5.71. The fourth-order valence-corrected chi connectivity index (χ4v) is 3.67. The van der Waals surface area contributed by atoms with Crippen LogP contribution < -0.4 is 10.1 Å². The second-order valence-corrected chi connectivity index (χ2v) is 5.63. The van der Waals surface area contributed by atoms with Crippen LogP contribution in [0.2, 0.25) is 0 Å². The van der Waals surface area contributed by atoms with E-state index in [4.69, 9.17) is 4.74 Å². The van der Waals surface area contributed by atoms with E-state index >= 15 is 0 Å². The van der Waals surface area contributed by atoms with Gasteiger partial charge in [-0.15, -0.1) is 11.3 Å². The molecule has 0 saturated carbocycles. The first-order chi connectivity index (χ1) is 8.77. The number of para-hydroxylation sites is 1. The van der Waals surface area contributed by atoms with Gasteiger partial charge < -0.3 is 10.1 Å². The van der Waals surface area contributed by atoms with Crippen LogP contribution in [-0.2, 0) is 0 Å². The molecule has 2 nitrogen and oxygen atoms in total. The maximum atomic E-state index is 5.71. The molecule has 1 atom stereocenters. The molecule has 2 rings (SSSR count). The van der Waals surface area contributed by atoms with Gasteiger partial charge in [0.05, 0.1) is 12.6 Å². The largest absolute Gasteiger partial charge is 0.494 e. The predicted octanol–water partition coefficient (Wildman–Crippen LogP) is 4.22. The molecule has 0 aliphatic heterocycles. The summed E-state index contributed by atoms with van der Waals surface area (Å²) < 4.78 is 6.84. The molecule has 0 amide bonds. The topological polar surface area (TPSA) is 21.3 Å². The normalized spacial score (nSPS) is 12.4. The Kier molecular flexibility index (Phi) is 4.80. The van der Waals surface area contributed by atoms with Gasteiger partial charge in [0, 0.05) is 14.9 Å². The summed E-state index contributed by atoms with van der Waals surface area (Å²) in [6, 6.07) is 10.4. The van der Waals surface area contributed by atoms with Gasteiger partial charge in [-0.05, 0) is 47.4 Å². The molecule has 0 aliphatic rings. The maximum Gasteiger partial charge on any atom is 0.124 e. The van der Waals surface area contributed by atoms with Crippen molar-refractivity contribution in [1.29, 1.82) is 0 Å². The summed E-state index contributed by atoms with van der Waals surface area (Å²) >= 11 is 5.34. The molecule has 18 heavy (non-hydrogen) atoms. The first-order valence-corrected chi connectivity index (χ1v) is 7.57. The number of halogens is 1. The third kappa shape index (κ3) is 2.76. The Bertz CT molecular complexity index is 512. The average molecular weight is 326 g/mol. The number of rotatable bonds is 5. The lowest BCUT2D eigenvalue weighted by Gasteiger charge is -2.19. The SMILES string of the molecule is CCOc1ccccc1C(NC)c1sccc1Br. The molecule has 0 fully saturated rings. The molecule has 1 unspecified atom stereocenters. The van der Waals surface area contributed by atoms with Crippen LogP contribution in [0.25, 0.3) is 0 Å². The number of hydrogen-bond donors (Lipinski definition) is 1. The molecule has 96 valence electrons. The van der Waals surface area contributed by atoms with E-state index in [0.29, 0.717) is 6.61 Å². The van der Waals surface area contributed by atoms with Gasteiger partial charge >= 0.3 is 0 Å². The highest BCUT2D eigenvalue weighted by molar-refractivity contribution is 9.10.